The Bertz CT molecular complexity index is 295. The lowest BCUT2D eigenvalue weighted by Crippen LogP contribution is -2.34. The van der Waals surface area contributed by atoms with E-state index in [9.17, 15) is 0 Å². The maximum atomic E-state index is 5.34. The van der Waals surface area contributed by atoms with E-state index < -0.39 is 0 Å². The summed E-state index contributed by atoms with van der Waals surface area (Å²) in [5.74, 6) is 1.46. The third-order valence-electron chi connectivity index (χ3n) is 2.46. The molecule has 0 aromatic carbocycles. The topological polar surface area (TPSA) is 60.2 Å². The summed E-state index contributed by atoms with van der Waals surface area (Å²) in [5.41, 5.74) is 0. The summed E-state index contributed by atoms with van der Waals surface area (Å²) in [6.45, 7) is 4.37. The number of aromatic nitrogens is 2. The van der Waals surface area contributed by atoms with Gasteiger partial charge in [0.15, 0.2) is 5.82 Å². The van der Waals surface area contributed by atoms with Crippen molar-refractivity contribution >= 4 is 0 Å². The van der Waals surface area contributed by atoms with Gasteiger partial charge in [0.2, 0.25) is 5.89 Å². The summed E-state index contributed by atoms with van der Waals surface area (Å²) in [6, 6.07) is 0.0710. The first kappa shape index (κ1) is 10.6. The van der Waals surface area contributed by atoms with Gasteiger partial charge in [-0.05, 0) is 6.42 Å². The van der Waals surface area contributed by atoms with Crippen LogP contribution in [0.2, 0.25) is 0 Å². The normalized spacial score (nSPS) is 21.8. The van der Waals surface area contributed by atoms with Crippen molar-refractivity contribution in [3.05, 3.63) is 11.7 Å². The van der Waals surface area contributed by atoms with E-state index >= 15 is 0 Å². The third-order valence-corrected chi connectivity index (χ3v) is 2.46. The van der Waals surface area contributed by atoms with Gasteiger partial charge in [-0.15, -0.1) is 0 Å². The zero-order valence-electron chi connectivity index (χ0n) is 9.03. The van der Waals surface area contributed by atoms with Crippen LogP contribution < -0.4 is 5.32 Å². The first-order valence-corrected chi connectivity index (χ1v) is 5.53. The van der Waals surface area contributed by atoms with E-state index in [0.717, 1.165) is 38.2 Å². The van der Waals surface area contributed by atoms with Crippen LogP contribution in [0.15, 0.2) is 4.52 Å². The number of hydrogen-bond donors (Lipinski definition) is 1. The highest BCUT2D eigenvalue weighted by atomic mass is 16.5. The monoisotopic (exact) mass is 211 g/mol. The molecule has 2 rings (SSSR count). The minimum absolute atomic E-state index is 0.0710. The minimum atomic E-state index is 0.0710. The molecule has 0 saturated carbocycles. The Balaban J connectivity index is 1.93. The van der Waals surface area contributed by atoms with Crippen molar-refractivity contribution in [3.63, 3.8) is 0 Å². The third kappa shape index (κ3) is 2.76. The lowest BCUT2D eigenvalue weighted by molar-refractivity contribution is 0.0659. The van der Waals surface area contributed by atoms with E-state index in [1.54, 1.807) is 0 Å². The van der Waals surface area contributed by atoms with E-state index in [4.69, 9.17) is 9.26 Å². The number of unbranched alkanes of at least 4 members (excludes halogenated alkanes) is 1. The molecule has 1 aromatic rings. The van der Waals surface area contributed by atoms with Gasteiger partial charge in [0.25, 0.3) is 0 Å². The van der Waals surface area contributed by atoms with Gasteiger partial charge in [0.1, 0.15) is 6.04 Å². The highest BCUT2D eigenvalue weighted by molar-refractivity contribution is 4.94. The molecule has 5 nitrogen and oxygen atoms in total. The molecular formula is C10H17N3O2. The van der Waals surface area contributed by atoms with Crippen LogP contribution in [0.5, 0.6) is 0 Å². The molecule has 15 heavy (non-hydrogen) atoms. The van der Waals surface area contributed by atoms with E-state index in [0.29, 0.717) is 12.5 Å². The summed E-state index contributed by atoms with van der Waals surface area (Å²) in [6.07, 6.45) is 3.15. The van der Waals surface area contributed by atoms with Crippen LogP contribution in [0.4, 0.5) is 0 Å². The fraction of sp³-hybridized carbons (Fsp3) is 0.800. The van der Waals surface area contributed by atoms with Gasteiger partial charge in [0.05, 0.1) is 13.2 Å². The summed E-state index contributed by atoms with van der Waals surface area (Å²) in [4.78, 5) is 4.35. The second-order valence-corrected chi connectivity index (χ2v) is 3.73. The first-order chi connectivity index (χ1) is 7.40. The van der Waals surface area contributed by atoms with Crippen LogP contribution in [0.3, 0.4) is 0 Å². The molecule has 1 saturated heterocycles. The second-order valence-electron chi connectivity index (χ2n) is 3.73. The fourth-order valence-corrected chi connectivity index (χ4v) is 1.57. The second kappa shape index (κ2) is 5.23. The number of nitrogens with one attached hydrogen (secondary N) is 1. The van der Waals surface area contributed by atoms with Crippen molar-refractivity contribution in [2.45, 2.75) is 32.2 Å². The maximum absolute atomic E-state index is 5.34. The van der Waals surface area contributed by atoms with Crippen LogP contribution in [-0.2, 0) is 11.2 Å². The molecular weight excluding hydrogens is 194 g/mol. The standard InChI is InChI=1S/C10H17N3O2/c1-2-3-4-9-12-10(15-13-9)8-7-14-6-5-11-8/h8,11H,2-7H2,1H3. The van der Waals surface area contributed by atoms with E-state index in [2.05, 4.69) is 22.4 Å². The van der Waals surface area contributed by atoms with Gasteiger partial charge in [-0.2, -0.15) is 4.98 Å². The Morgan fingerprint density at radius 1 is 1.53 bits per heavy atom. The van der Waals surface area contributed by atoms with Crippen molar-refractivity contribution in [2.75, 3.05) is 19.8 Å². The van der Waals surface area contributed by atoms with Crippen LogP contribution in [0.1, 0.15) is 37.5 Å². The number of morpholine rings is 1. The largest absolute Gasteiger partial charge is 0.378 e. The van der Waals surface area contributed by atoms with Crippen molar-refractivity contribution in [3.8, 4) is 0 Å². The van der Waals surface area contributed by atoms with E-state index in [1.165, 1.54) is 0 Å². The molecule has 1 N–H and O–H groups in total. The predicted octanol–water partition coefficient (Wildman–Crippen LogP) is 1.07. The molecule has 2 heterocycles. The number of aryl methyl sites for hydroxylation is 1. The van der Waals surface area contributed by atoms with Gasteiger partial charge in [-0.25, -0.2) is 0 Å². The minimum Gasteiger partial charge on any atom is -0.378 e. The number of hydrogen-bond acceptors (Lipinski definition) is 5. The van der Waals surface area contributed by atoms with Crippen LogP contribution in [0.25, 0.3) is 0 Å². The lowest BCUT2D eigenvalue weighted by atomic mass is 10.2. The van der Waals surface area contributed by atoms with Crippen molar-refractivity contribution in [1.29, 1.82) is 0 Å². The molecule has 0 bridgehead atoms. The molecule has 1 fully saturated rings. The summed E-state index contributed by atoms with van der Waals surface area (Å²) < 4.78 is 10.5. The Kier molecular flexibility index (Phi) is 3.69. The average Bonchev–Trinajstić information content (AvgIpc) is 2.76. The quantitative estimate of drug-likeness (QED) is 0.807. The molecule has 5 heteroatoms. The van der Waals surface area contributed by atoms with E-state index in [-0.39, 0.29) is 6.04 Å². The number of rotatable bonds is 4. The van der Waals surface area contributed by atoms with Crippen molar-refractivity contribution < 1.29 is 9.26 Å². The van der Waals surface area contributed by atoms with Gasteiger partial charge in [-0.3, -0.25) is 0 Å². The molecule has 1 unspecified atom stereocenters. The summed E-state index contributed by atoms with van der Waals surface area (Å²) in [7, 11) is 0. The Hall–Kier alpha value is -0.940. The van der Waals surface area contributed by atoms with Gasteiger partial charge < -0.3 is 14.6 Å². The number of nitrogens with zero attached hydrogens (tertiary/aromatic N) is 2. The summed E-state index contributed by atoms with van der Waals surface area (Å²) in [5, 5.41) is 7.23. The molecule has 1 atom stereocenters. The highest BCUT2D eigenvalue weighted by Gasteiger charge is 2.21. The molecule has 1 aliphatic heterocycles. The van der Waals surface area contributed by atoms with Crippen molar-refractivity contribution in [1.82, 2.24) is 15.5 Å². The smallest absolute Gasteiger partial charge is 0.246 e. The maximum Gasteiger partial charge on any atom is 0.246 e. The molecule has 0 spiro atoms. The highest BCUT2D eigenvalue weighted by Crippen LogP contribution is 2.13. The average molecular weight is 211 g/mol. The van der Waals surface area contributed by atoms with Crippen molar-refractivity contribution in [2.24, 2.45) is 0 Å². The van der Waals surface area contributed by atoms with Gasteiger partial charge in [0, 0.05) is 13.0 Å². The fourth-order valence-electron chi connectivity index (χ4n) is 1.57. The predicted molar refractivity (Wildman–Crippen MR) is 54.5 cm³/mol. The molecule has 1 aromatic heterocycles. The SMILES string of the molecule is CCCCc1noc(C2COCCN2)n1. The Morgan fingerprint density at radius 2 is 2.47 bits per heavy atom. The van der Waals surface area contributed by atoms with Crippen LogP contribution in [-0.4, -0.2) is 29.9 Å². The Morgan fingerprint density at radius 3 is 3.20 bits per heavy atom. The zero-order chi connectivity index (χ0) is 10.5. The van der Waals surface area contributed by atoms with Crippen LogP contribution in [0, 0.1) is 0 Å². The molecule has 0 aliphatic carbocycles. The first-order valence-electron chi connectivity index (χ1n) is 5.53. The van der Waals surface area contributed by atoms with Crippen LogP contribution >= 0.6 is 0 Å². The van der Waals surface area contributed by atoms with Gasteiger partial charge >= 0.3 is 0 Å². The Labute approximate surface area is 89.2 Å². The van der Waals surface area contributed by atoms with E-state index in [1.807, 2.05) is 0 Å². The molecule has 0 radical (unpaired) electrons. The zero-order valence-corrected chi connectivity index (χ0v) is 9.03. The molecule has 1 aliphatic rings. The lowest BCUT2D eigenvalue weighted by Gasteiger charge is -2.20. The summed E-state index contributed by atoms with van der Waals surface area (Å²) >= 11 is 0. The number of ether oxygens (including phenoxy) is 1. The van der Waals surface area contributed by atoms with Gasteiger partial charge in [-0.1, -0.05) is 18.5 Å². The molecule has 84 valence electrons. The molecule has 0 amide bonds.